The van der Waals surface area contributed by atoms with E-state index in [2.05, 4.69) is 72.3 Å². The molecule has 0 amide bonds. The fraction of sp³-hybridized carbons (Fsp3) is 0.650. The summed E-state index contributed by atoms with van der Waals surface area (Å²) in [6.45, 7) is 12.4. The summed E-state index contributed by atoms with van der Waals surface area (Å²) >= 11 is 2.08. The Kier molecular flexibility index (Phi) is 9.19. The zero-order valence-electron chi connectivity index (χ0n) is 16.1. The van der Waals surface area contributed by atoms with Gasteiger partial charge in [-0.3, -0.25) is 4.90 Å². The molecule has 0 radical (unpaired) electrons. The number of hydrogen-bond donors (Lipinski definition) is 2. The topological polar surface area (TPSA) is 39.7 Å². The summed E-state index contributed by atoms with van der Waals surface area (Å²) in [4.78, 5) is 7.28. The minimum Gasteiger partial charge on any atom is -0.357 e. The van der Waals surface area contributed by atoms with Crippen molar-refractivity contribution in [2.75, 3.05) is 31.9 Å². The van der Waals surface area contributed by atoms with E-state index in [9.17, 15) is 0 Å². The lowest BCUT2D eigenvalue weighted by atomic mass is 10.1. The molecule has 1 aromatic rings. The SMILES string of the molecule is CCNC(=NCc1ccccc1CN(CC)CC)NCC1CCCS1. The highest BCUT2D eigenvalue weighted by atomic mass is 32.2. The Morgan fingerprint density at radius 1 is 1.16 bits per heavy atom. The summed E-state index contributed by atoms with van der Waals surface area (Å²) in [7, 11) is 0. The summed E-state index contributed by atoms with van der Waals surface area (Å²) in [6.07, 6.45) is 2.67. The average molecular weight is 363 g/mol. The lowest BCUT2D eigenvalue weighted by Gasteiger charge is -2.20. The third-order valence-electron chi connectivity index (χ3n) is 4.68. The Hall–Kier alpha value is -1.20. The molecule has 1 aliphatic rings. The van der Waals surface area contributed by atoms with E-state index in [0.717, 1.165) is 50.5 Å². The molecule has 1 fully saturated rings. The Morgan fingerprint density at radius 3 is 2.56 bits per heavy atom. The van der Waals surface area contributed by atoms with Crippen molar-refractivity contribution in [1.82, 2.24) is 15.5 Å². The highest BCUT2D eigenvalue weighted by Gasteiger charge is 2.15. The molecule has 1 aromatic carbocycles. The van der Waals surface area contributed by atoms with E-state index >= 15 is 0 Å². The van der Waals surface area contributed by atoms with Gasteiger partial charge in [0, 0.05) is 24.9 Å². The number of nitrogens with zero attached hydrogens (tertiary/aromatic N) is 2. The molecule has 0 saturated carbocycles. The third kappa shape index (κ3) is 6.90. The minimum absolute atomic E-state index is 0.727. The number of aliphatic imine (C=N–C) groups is 1. The number of nitrogens with one attached hydrogen (secondary N) is 2. The van der Waals surface area contributed by atoms with Crippen molar-refractivity contribution >= 4 is 17.7 Å². The van der Waals surface area contributed by atoms with Crippen LogP contribution in [0.3, 0.4) is 0 Å². The first-order chi connectivity index (χ1) is 12.3. The summed E-state index contributed by atoms with van der Waals surface area (Å²) < 4.78 is 0. The molecule has 5 heteroatoms. The predicted molar refractivity (Wildman–Crippen MR) is 111 cm³/mol. The van der Waals surface area contributed by atoms with E-state index in [4.69, 9.17) is 4.99 Å². The Bertz CT molecular complexity index is 522. The van der Waals surface area contributed by atoms with Crippen LogP contribution in [0.15, 0.2) is 29.3 Å². The van der Waals surface area contributed by atoms with Crippen LogP contribution in [-0.2, 0) is 13.1 Å². The van der Waals surface area contributed by atoms with Crippen LogP contribution in [0.1, 0.15) is 44.7 Å². The van der Waals surface area contributed by atoms with Crippen LogP contribution in [0.5, 0.6) is 0 Å². The lowest BCUT2D eigenvalue weighted by molar-refractivity contribution is 0.295. The van der Waals surface area contributed by atoms with Gasteiger partial charge >= 0.3 is 0 Å². The molecule has 1 aliphatic heterocycles. The fourth-order valence-electron chi connectivity index (χ4n) is 3.08. The van der Waals surface area contributed by atoms with Crippen molar-refractivity contribution in [2.45, 2.75) is 52.0 Å². The van der Waals surface area contributed by atoms with Crippen molar-refractivity contribution in [2.24, 2.45) is 4.99 Å². The van der Waals surface area contributed by atoms with Crippen molar-refractivity contribution < 1.29 is 0 Å². The van der Waals surface area contributed by atoms with Gasteiger partial charge in [-0.15, -0.1) is 0 Å². The molecule has 2 N–H and O–H groups in total. The number of guanidine groups is 1. The molecule has 1 saturated heterocycles. The van der Waals surface area contributed by atoms with Gasteiger partial charge in [-0.25, -0.2) is 4.99 Å². The summed E-state index contributed by atoms with van der Waals surface area (Å²) in [6, 6.07) is 8.69. The molecule has 0 bridgehead atoms. The highest BCUT2D eigenvalue weighted by Crippen LogP contribution is 2.25. The largest absolute Gasteiger partial charge is 0.357 e. The number of rotatable bonds is 9. The van der Waals surface area contributed by atoms with Gasteiger partial charge in [-0.1, -0.05) is 38.1 Å². The summed E-state index contributed by atoms with van der Waals surface area (Å²) in [5, 5.41) is 7.64. The van der Waals surface area contributed by atoms with E-state index in [1.165, 1.54) is 29.7 Å². The highest BCUT2D eigenvalue weighted by molar-refractivity contribution is 8.00. The fourth-order valence-corrected chi connectivity index (χ4v) is 4.28. The molecule has 140 valence electrons. The van der Waals surface area contributed by atoms with Gasteiger partial charge in [-0.05, 0) is 49.7 Å². The van der Waals surface area contributed by atoms with Gasteiger partial charge in [-0.2, -0.15) is 11.8 Å². The quantitative estimate of drug-likeness (QED) is 0.521. The van der Waals surface area contributed by atoms with Gasteiger partial charge < -0.3 is 10.6 Å². The van der Waals surface area contributed by atoms with Crippen molar-refractivity contribution in [3.63, 3.8) is 0 Å². The first-order valence-electron chi connectivity index (χ1n) is 9.69. The predicted octanol–water partition coefficient (Wildman–Crippen LogP) is 3.48. The van der Waals surface area contributed by atoms with Crippen LogP contribution in [0.4, 0.5) is 0 Å². The van der Waals surface area contributed by atoms with Crippen LogP contribution < -0.4 is 10.6 Å². The Morgan fingerprint density at radius 2 is 1.92 bits per heavy atom. The Labute approximate surface area is 157 Å². The van der Waals surface area contributed by atoms with E-state index in [-0.39, 0.29) is 0 Å². The first kappa shape index (κ1) is 20.1. The third-order valence-corrected chi connectivity index (χ3v) is 6.08. The number of benzene rings is 1. The second-order valence-electron chi connectivity index (χ2n) is 6.44. The van der Waals surface area contributed by atoms with Crippen LogP contribution >= 0.6 is 11.8 Å². The van der Waals surface area contributed by atoms with E-state index in [1.54, 1.807) is 0 Å². The zero-order chi connectivity index (χ0) is 17.9. The molecular weight excluding hydrogens is 328 g/mol. The van der Waals surface area contributed by atoms with Crippen LogP contribution in [-0.4, -0.2) is 48.0 Å². The maximum atomic E-state index is 4.83. The standard InChI is InChI=1S/C20H34N4S/c1-4-21-20(23-15-19-12-9-13-25-19)22-14-17-10-7-8-11-18(17)16-24(5-2)6-3/h7-8,10-11,19H,4-6,9,12-16H2,1-3H3,(H2,21,22,23). The normalized spacial score (nSPS) is 17.9. The van der Waals surface area contributed by atoms with Crippen molar-refractivity contribution in [3.8, 4) is 0 Å². The second kappa shape index (κ2) is 11.4. The molecule has 0 spiro atoms. The monoisotopic (exact) mass is 362 g/mol. The maximum Gasteiger partial charge on any atom is 0.191 e. The van der Waals surface area contributed by atoms with Gasteiger partial charge in [0.05, 0.1) is 6.54 Å². The molecule has 0 aromatic heterocycles. The first-order valence-corrected chi connectivity index (χ1v) is 10.7. The summed E-state index contributed by atoms with van der Waals surface area (Å²) in [5.74, 6) is 2.24. The van der Waals surface area contributed by atoms with Crippen molar-refractivity contribution in [1.29, 1.82) is 0 Å². The smallest absolute Gasteiger partial charge is 0.191 e. The maximum absolute atomic E-state index is 4.83. The van der Waals surface area contributed by atoms with E-state index in [1.807, 2.05) is 0 Å². The molecular formula is C20H34N4S. The Balaban J connectivity index is 1.98. The van der Waals surface area contributed by atoms with Crippen LogP contribution in [0, 0.1) is 0 Å². The molecule has 2 rings (SSSR count). The lowest BCUT2D eigenvalue weighted by Crippen LogP contribution is -2.40. The molecule has 4 nitrogen and oxygen atoms in total. The molecule has 1 unspecified atom stereocenters. The number of thioether (sulfide) groups is 1. The zero-order valence-corrected chi connectivity index (χ0v) is 16.9. The minimum atomic E-state index is 0.727. The van der Waals surface area contributed by atoms with E-state index < -0.39 is 0 Å². The average Bonchev–Trinajstić information content (AvgIpc) is 3.16. The van der Waals surface area contributed by atoms with Gasteiger partial charge in [0.15, 0.2) is 5.96 Å². The molecule has 25 heavy (non-hydrogen) atoms. The van der Waals surface area contributed by atoms with E-state index in [0.29, 0.717) is 0 Å². The van der Waals surface area contributed by atoms with Crippen molar-refractivity contribution in [3.05, 3.63) is 35.4 Å². The molecule has 1 heterocycles. The van der Waals surface area contributed by atoms with Crippen LogP contribution in [0.2, 0.25) is 0 Å². The second-order valence-corrected chi connectivity index (χ2v) is 7.85. The molecule has 1 atom stereocenters. The van der Waals surface area contributed by atoms with Gasteiger partial charge in [0.1, 0.15) is 0 Å². The molecule has 0 aliphatic carbocycles. The summed E-state index contributed by atoms with van der Waals surface area (Å²) in [5.41, 5.74) is 2.71. The van der Waals surface area contributed by atoms with Gasteiger partial charge in [0.25, 0.3) is 0 Å². The number of hydrogen-bond acceptors (Lipinski definition) is 3. The van der Waals surface area contributed by atoms with Gasteiger partial charge in [0.2, 0.25) is 0 Å². The van der Waals surface area contributed by atoms with Crippen LogP contribution in [0.25, 0.3) is 0 Å².